The fraction of sp³-hybridized carbons (Fsp3) is 0.182. The number of ketones is 1. The SMILES string of the molecule is N#CC1=C(N)OC2=C(C(=O)CC(c3cccc(Cl)c3)C2)C1c1ccccc1. The zero-order valence-corrected chi connectivity index (χ0v) is 15.2. The van der Waals surface area contributed by atoms with Gasteiger partial charge in [0.1, 0.15) is 17.4 Å². The van der Waals surface area contributed by atoms with Gasteiger partial charge in [0, 0.05) is 23.4 Å². The van der Waals surface area contributed by atoms with E-state index in [1.807, 2.05) is 54.6 Å². The quantitative estimate of drug-likeness (QED) is 0.834. The van der Waals surface area contributed by atoms with E-state index < -0.39 is 5.92 Å². The zero-order chi connectivity index (χ0) is 19.0. The van der Waals surface area contributed by atoms with Crippen LogP contribution < -0.4 is 5.73 Å². The summed E-state index contributed by atoms with van der Waals surface area (Å²) in [7, 11) is 0. The van der Waals surface area contributed by atoms with Gasteiger partial charge in [0.2, 0.25) is 5.88 Å². The lowest BCUT2D eigenvalue weighted by molar-refractivity contribution is -0.117. The molecule has 0 bridgehead atoms. The highest BCUT2D eigenvalue weighted by atomic mass is 35.5. The number of carbonyl (C=O) groups excluding carboxylic acids is 1. The molecule has 134 valence electrons. The average Bonchev–Trinajstić information content (AvgIpc) is 2.67. The summed E-state index contributed by atoms with van der Waals surface area (Å²) in [6, 6.07) is 19.1. The highest BCUT2D eigenvalue weighted by Gasteiger charge is 2.40. The molecule has 2 unspecified atom stereocenters. The van der Waals surface area contributed by atoms with E-state index in [2.05, 4.69) is 6.07 Å². The predicted octanol–water partition coefficient (Wildman–Crippen LogP) is 4.55. The van der Waals surface area contributed by atoms with Crippen molar-refractivity contribution in [3.8, 4) is 6.07 Å². The summed E-state index contributed by atoms with van der Waals surface area (Å²) >= 11 is 6.11. The van der Waals surface area contributed by atoms with Crippen molar-refractivity contribution in [2.75, 3.05) is 0 Å². The van der Waals surface area contributed by atoms with Crippen molar-refractivity contribution in [2.45, 2.75) is 24.7 Å². The van der Waals surface area contributed by atoms with Gasteiger partial charge in [-0.1, -0.05) is 54.1 Å². The number of halogens is 1. The van der Waals surface area contributed by atoms with Crippen molar-refractivity contribution in [1.29, 1.82) is 5.26 Å². The molecule has 2 aromatic rings. The molecule has 2 atom stereocenters. The molecule has 2 N–H and O–H groups in total. The number of rotatable bonds is 2. The van der Waals surface area contributed by atoms with Gasteiger partial charge in [-0.3, -0.25) is 4.79 Å². The molecule has 0 amide bonds. The van der Waals surface area contributed by atoms with Crippen LogP contribution in [0.25, 0.3) is 0 Å². The second-order valence-electron chi connectivity index (χ2n) is 6.76. The van der Waals surface area contributed by atoms with Crippen molar-refractivity contribution in [3.05, 3.63) is 93.5 Å². The third kappa shape index (κ3) is 3.11. The first kappa shape index (κ1) is 17.4. The van der Waals surface area contributed by atoms with Crippen LogP contribution in [-0.2, 0) is 9.53 Å². The summed E-state index contributed by atoms with van der Waals surface area (Å²) < 4.78 is 5.76. The predicted molar refractivity (Wildman–Crippen MR) is 103 cm³/mol. The number of benzene rings is 2. The van der Waals surface area contributed by atoms with Gasteiger partial charge in [-0.05, 0) is 29.2 Å². The van der Waals surface area contributed by atoms with E-state index in [4.69, 9.17) is 22.1 Å². The van der Waals surface area contributed by atoms with Crippen LogP contribution in [0, 0.1) is 11.3 Å². The number of allylic oxidation sites excluding steroid dienone is 3. The Balaban J connectivity index is 1.78. The maximum absolute atomic E-state index is 13.1. The maximum Gasteiger partial charge on any atom is 0.205 e. The van der Waals surface area contributed by atoms with Crippen molar-refractivity contribution >= 4 is 17.4 Å². The van der Waals surface area contributed by atoms with Crippen LogP contribution in [0.15, 0.2) is 77.4 Å². The van der Waals surface area contributed by atoms with Crippen LogP contribution in [-0.4, -0.2) is 5.78 Å². The lowest BCUT2D eigenvalue weighted by Crippen LogP contribution is -2.29. The van der Waals surface area contributed by atoms with Crippen LogP contribution in [0.5, 0.6) is 0 Å². The summed E-state index contributed by atoms with van der Waals surface area (Å²) in [5, 5.41) is 10.3. The number of nitrogens with two attached hydrogens (primary N) is 1. The van der Waals surface area contributed by atoms with E-state index in [1.165, 1.54) is 0 Å². The van der Waals surface area contributed by atoms with Gasteiger partial charge in [-0.15, -0.1) is 0 Å². The Bertz CT molecular complexity index is 1020. The monoisotopic (exact) mass is 376 g/mol. The van der Waals surface area contributed by atoms with Crippen LogP contribution in [0.4, 0.5) is 0 Å². The van der Waals surface area contributed by atoms with E-state index in [0.29, 0.717) is 29.2 Å². The lowest BCUT2D eigenvalue weighted by atomic mass is 9.73. The minimum absolute atomic E-state index is 0.0182. The molecule has 1 aliphatic heterocycles. The van der Waals surface area contributed by atoms with Crippen LogP contribution >= 0.6 is 11.6 Å². The Morgan fingerprint density at radius 1 is 1.07 bits per heavy atom. The Kier molecular flexibility index (Phi) is 4.47. The molecule has 2 aromatic carbocycles. The van der Waals surface area contributed by atoms with Gasteiger partial charge in [-0.25, -0.2) is 0 Å². The first-order valence-electron chi connectivity index (χ1n) is 8.72. The smallest absolute Gasteiger partial charge is 0.205 e. The third-order valence-corrected chi connectivity index (χ3v) is 5.35. The average molecular weight is 377 g/mol. The summed E-state index contributed by atoms with van der Waals surface area (Å²) in [5.74, 6) is 0.108. The molecule has 0 saturated heterocycles. The lowest BCUT2D eigenvalue weighted by Gasteiger charge is -2.34. The number of hydrogen-bond donors (Lipinski definition) is 1. The van der Waals surface area contributed by atoms with Gasteiger partial charge in [0.05, 0.1) is 5.92 Å². The molecular weight excluding hydrogens is 360 g/mol. The van der Waals surface area contributed by atoms with Gasteiger partial charge in [0.25, 0.3) is 0 Å². The minimum atomic E-state index is -0.479. The fourth-order valence-corrected chi connectivity index (χ4v) is 4.08. The van der Waals surface area contributed by atoms with E-state index in [0.717, 1.165) is 11.1 Å². The van der Waals surface area contributed by atoms with Crippen molar-refractivity contribution in [3.63, 3.8) is 0 Å². The van der Waals surface area contributed by atoms with Crippen LogP contribution in [0.1, 0.15) is 35.8 Å². The molecular formula is C22H17ClN2O2. The molecule has 0 aromatic heterocycles. The molecule has 0 radical (unpaired) electrons. The van der Waals surface area contributed by atoms with Crippen LogP contribution in [0.3, 0.4) is 0 Å². The van der Waals surface area contributed by atoms with Crippen molar-refractivity contribution in [1.82, 2.24) is 0 Å². The molecule has 1 aliphatic carbocycles. The van der Waals surface area contributed by atoms with Gasteiger partial charge >= 0.3 is 0 Å². The highest BCUT2D eigenvalue weighted by molar-refractivity contribution is 6.30. The third-order valence-electron chi connectivity index (χ3n) is 5.11. The van der Waals surface area contributed by atoms with E-state index in [-0.39, 0.29) is 23.2 Å². The Labute approximate surface area is 162 Å². The Morgan fingerprint density at radius 2 is 1.81 bits per heavy atom. The number of hydrogen-bond acceptors (Lipinski definition) is 4. The molecule has 0 saturated carbocycles. The summed E-state index contributed by atoms with van der Waals surface area (Å²) in [6.45, 7) is 0. The van der Waals surface area contributed by atoms with Crippen molar-refractivity contribution < 1.29 is 9.53 Å². The van der Waals surface area contributed by atoms with Crippen molar-refractivity contribution in [2.24, 2.45) is 5.73 Å². The van der Waals surface area contributed by atoms with Gasteiger partial charge in [-0.2, -0.15) is 5.26 Å². The topological polar surface area (TPSA) is 76.1 Å². The molecule has 0 fully saturated rings. The zero-order valence-electron chi connectivity index (χ0n) is 14.5. The summed E-state index contributed by atoms with van der Waals surface area (Å²) in [6.07, 6.45) is 0.897. The number of nitriles is 1. The molecule has 4 nitrogen and oxygen atoms in total. The largest absolute Gasteiger partial charge is 0.444 e. The molecule has 1 heterocycles. The number of Topliss-reactive ketones (excluding diaryl/α,β-unsaturated/α-hetero) is 1. The van der Waals surface area contributed by atoms with E-state index in [1.54, 1.807) is 0 Å². The Hall–Kier alpha value is -3.03. The standard InChI is InChI=1S/C22H17ClN2O2/c23-16-8-4-7-14(9-16)15-10-18(26)21-19(11-15)27-22(25)17(12-24)20(21)13-5-2-1-3-6-13/h1-9,15,20H,10-11,25H2. The molecule has 2 aliphatic rings. The highest BCUT2D eigenvalue weighted by Crippen LogP contribution is 2.46. The minimum Gasteiger partial charge on any atom is -0.444 e. The molecule has 4 rings (SSSR count). The number of carbonyl (C=O) groups is 1. The first-order valence-corrected chi connectivity index (χ1v) is 9.10. The van der Waals surface area contributed by atoms with E-state index in [9.17, 15) is 10.1 Å². The first-order chi connectivity index (χ1) is 13.1. The Morgan fingerprint density at radius 3 is 2.52 bits per heavy atom. The number of nitrogens with zero attached hydrogens (tertiary/aromatic N) is 1. The normalized spacial score (nSPS) is 22.1. The van der Waals surface area contributed by atoms with Crippen LogP contribution in [0.2, 0.25) is 5.02 Å². The second kappa shape index (κ2) is 6.94. The van der Waals surface area contributed by atoms with Gasteiger partial charge in [0.15, 0.2) is 5.78 Å². The maximum atomic E-state index is 13.1. The molecule has 0 spiro atoms. The molecule has 5 heteroatoms. The molecule has 27 heavy (non-hydrogen) atoms. The number of ether oxygens (including phenoxy) is 1. The van der Waals surface area contributed by atoms with Gasteiger partial charge < -0.3 is 10.5 Å². The fourth-order valence-electron chi connectivity index (χ4n) is 3.88. The summed E-state index contributed by atoms with van der Waals surface area (Å²) in [5.41, 5.74) is 8.74. The second-order valence-corrected chi connectivity index (χ2v) is 7.19. The van der Waals surface area contributed by atoms with E-state index >= 15 is 0 Å². The summed E-state index contributed by atoms with van der Waals surface area (Å²) in [4.78, 5) is 13.1.